The fraction of sp³-hybridized carbons (Fsp3) is 0.400. The SMILES string of the molecule is CCOc1ccc(C[N+](=O)[O-])cc1OC. The summed E-state index contributed by atoms with van der Waals surface area (Å²) in [5, 5.41) is 10.3. The summed E-state index contributed by atoms with van der Waals surface area (Å²) in [6.07, 6.45) is 0. The van der Waals surface area contributed by atoms with E-state index in [4.69, 9.17) is 9.47 Å². The number of methoxy groups -OCH3 is 1. The van der Waals surface area contributed by atoms with Gasteiger partial charge in [-0.2, -0.15) is 0 Å². The van der Waals surface area contributed by atoms with Crippen LogP contribution in [0.25, 0.3) is 0 Å². The largest absolute Gasteiger partial charge is 0.493 e. The Morgan fingerprint density at radius 2 is 2.13 bits per heavy atom. The predicted octanol–water partition coefficient (Wildman–Crippen LogP) is 1.87. The summed E-state index contributed by atoms with van der Waals surface area (Å²) in [6, 6.07) is 4.96. The average molecular weight is 211 g/mol. The zero-order valence-corrected chi connectivity index (χ0v) is 8.73. The highest BCUT2D eigenvalue weighted by Gasteiger charge is 2.08. The number of ether oxygens (including phenoxy) is 2. The van der Waals surface area contributed by atoms with Gasteiger partial charge in [0.1, 0.15) is 0 Å². The van der Waals surface area contributed by atoms with Crippen molar-refractivity contribution in [2.45, 2.75) is 13.5 Å². The van der Waals surface area contributed by atoms with Crippen molar-refractivity contribution in [2.75, 3.05) is 13.7 Å². The van der Waals surface area contributed by atoms with Crippen LogP contribution in [-0.4, -0.2) is 18.6 Å². The minimum atomic E-state index is -0.380. The number of hydrogen-bond acceptors (Lipinski definition) is 4. The van der Waals surface area contributed by atoms with Gasteiger partial charge in [-0.3, -0.25) is 10.1 Å². The summed E-state index contributed by atoms with van der Waals surface area (Å²) >= 11 is 0. The molecule has 0 aliphatic carbocycles. The van der Waals surface area contributed by atoms with Crippen molar-refractivity contribution in [2.24, 2.45) is 0 Å². The first-order chi connectivity index (χ1) is 7.17. The zero-order chi connectivity index (χ0) is 11.3. The minimum Gasteiger partial charge on any atom is -0.493 e. The summed E-state index contributed by atoms with van der Waals surface area (Å²) < 4.78 is 10.4. The standard InChI is InChI=1S/C10H13NO4/c1-3-15-9-5-4-8(7-11(12)13)6-10(9)14-2/h4-6H,3,7H2,1-2H3. The molecule has 1 rings (SSSR count). The number of nitrogens with zero attached hydrogens (tertiary/aromatic N) is 1. The number of hydrogen-bond donors (Lipinski definition) is 0. The Bertz CT molecular complexity index is 351. The molecule has 0 aromatic heterocycles. The van der Waals surface area contributed by atoms with Crippen LogP contribution in [0.3, 0.4) is 0 Å². The Morgan fingerprint density at radius 3 is 2.67 bits per heavy atom. The first-order valence-electron chi connectivity index (χ1n) is 4.59. The summed E-state index contributed by atoms with van der Waals surface area (Å²) in [5.74, 6) is 1.13. The molecular weight excluding hydrogens is 198 g/mol. The highest BCUT2D eigenvalue weighted by Crippen LogP contribution is 2.28. The third kappa shape index (κ3) is 3.12. The molecule has 5 heteroatoms. The topological polar surface area (TPSA) is 61.6 Å². The second kappa shape index (κ2) is 5.19. The van der Waals surface area contributed by atoms with E-state index in [9.17, 15) is 10.1 Å². The average Bonchev–Trinajstić information content (AvgIpc) is 2.20. The molecule has 0 saturated carbocycles. The van der Waals surface area contributed by atoms with Gasteiger partial charge in [0.05, 0.1) is 13.7 Å². The molecule has 15 heavy (non-hydrogen) atoms. The van der Waals surface area contributed by atoms with Crippen LogP contribution in [0, 0.1) is 10.1 Å². The Kier molecular flexibility index (Phi) is 3.91. The van der Waals surface area contributed by atoms with Crippen molar-refractivity contribution >= 4 is 0 Å². The van der Waals surface area contributed by atoms with Crippen molar-refractivity contribution in [1.82, 2.24) is 0 Å². The molecule has 0 radical (unpaired) electrons. The second-order valence-corrected chi connectivity index (χ2v) is 2.91. The molecule has 0 aliphatic heterocycles. The number of rotatable bonds is 5. The molecule has 82 valence electrons. The van der Waals surface area contributed by atoms with Crippen LogP contribution in [0.4, 0.5) is 0 Å². The highest BCUT2D eigenvalue weighted by molar-refractivity contribution is 5.42. The third-order valence-corrected chi connectivity index (χ3v) is 1.84. The van der Waals surface area contributed by atoms with E-state index in [0.29, 0.717) is 23.7 Å². The van der Waals surface area contributed by atoms with E-state index in [1.54, 1.807) is 18.2 Å². The van der Waals surface area contributed by atoms with Crippen molar-refractivity contribution in [3.05, 3.63) is 33.9 Å². The summed E-state index contributed by atoms with van der Waals surface area (Å²) in [4.78, 5) is 9.93. The van der Waals surface area contributed by atoms with E-state index in [2.05, 4.69) is 0 Å². The van der Waals surface area contributed by atoms with E-state index in [1.807, 2.05) is 6.92 Å². The Hall–Kier alpha value is -1.78. The van der Waals surface area contributed by atoms with Gasteiger partial charge < -0.3 is 9.47 Å². The summed E-state index contributed by atoms with van der Waals surface area (Å²) in [7, 11) is 1.51. The normalized spacial score (nSPS) is 9.73. The first kappa shape index (κ1) is 11.3. The van der Waals surface area contributed by atoms with Gasteiger partial charge in [-0.1, -0.05) is 0 Å². The maximum atomic E-state index is 10.3. The summed E-state index contributed by atoms with van der Waals surface area (Å²) in [5.41, 5.74) is 0.598. The van der Waals surface area contributed by atoms with Gasteiger partial charge in [-0.25, -0.2) is 0 Å². The van der Waals surface area contributed by atoms with Gasteiger partial charge in [0, 0.05) is 10.5 Å². The monoisotopic (exact) mass is 211 g/mol. The predicted molar refractivity (Wildman–Crippen MR) is 54.9 cm³/mol. The van der Waals surface area contributed by atoms with E-state index in [0.717, 1.165) is 0 Å². The van der Waals surface area contributed by atoms with E-state index >= 15 is 0 Å². The minimum absolute atomic E-state index is 0.206. The molecule has 0 N–H and O–H groups in total. The molecule has 5 nitrogen and oxygen atoms in total. The van der Waals surface area contributed by atoms with E-state index < -0.39 is 0 Å². The maximum Gasteiger partial charge on any atom is 0.229 e. The van der Waals surface area contributed by atoms with Gasteiger partial charge in [0.15, 0.2) is 11.5 Å². The van der Waals surface area contributed by atoms with Crippen LogP contribution in [-0.2, 0) is 6.54 Å². The molecule has 0 saturated heterocycles. The second-order valence-electron chi connectivity index (χ2n) is 2.91. The highest BCUT2D eigenvalue weighted by atomic mass is 16.6. The number of benzene rings is 1. The summed E-state index contributed by atoms with van der Waals surface area (Å²) in [6.45, 7) is 2.19. The zero-order valence-electron chi connectivity index (χ0n) is 8.73. The lowest BCUT2D eigenvalue weighted by molar-refractivity contribution is -0.496. The van der Waals surface area contributed by atoms with Crippen molar-refractivity contribution in [3.8, 4) is 11.5 Å². The molecule has 0 atom stereocenters. The van der Waals surface area contributed by atoms with E-state index in [-0.39, 0.29) is 11.5 Å². The molecule has 0 unspecified atom stereocenters. The van der Waals surface area contributed by atoms with Gasteiger partial charge in [0.25, 0.3) is 0 Å². The van der Waals surface area contributed by atoms with Gasteiger partial charge in [-0.15, -0.1) is 0 Å². The fourth-order valence-corrected chi connectivity index (χ4v) is 1.23. The fourth-order valence-electron chi connectivity index (χ4n) is 1.23. The molecule has 1 aromatic carbocycles. The van der Waals surface area contributed by atoms with Crippen molar-refractivity contribution < 1.29 is 14.4 Å². The lowest BCUT2D eigenvalue weighted by Crippen LogP contribution is -2.00. The Balaban J connectivity index is 2.91. The van der Waals surface area contributed by atoms with Crippen LogP contribution >= 0.6 is 0 Å². The molecule has 0 spiro atoms. The van der Waals surface area contributed by atoms with Crippen LogP contribution < -0.4 is 9.47 Å². The van der Waals surface area contributed by atoms with Crippen molar-refractivity contribution in [1.29, 1.82) is 0 Å². The van der Waals surface area contributed by atoms with Crippen LogP contribution in [0.15, 0.2) is 18.2 Å². The Labute approximate surface area is 87.8 Å². The molecule has 0 bridgehead atoms. The van der Waals surface area contributed by atoms with Crippen LogP contribution in [0.5, 0.6) is 11.5 Å². The lowest BCUT2D eigenvalue weighted by Gasteiger charge is -2.09. The number of nitro groups is 1. The molecule has 0 aliphatic rings. The van der Waals surface area contributed by atoms with Gasteiger partial charge in [-0.05, 0) is 25.1 Å². The molecule has 0 amide bonds. The molecular formula is C10H13NO4. The Morgan fingerprint density at radius 1 is 1.40 bits per heavy atom. The third-order valence-electron chi connectivity index (χ3n) is 1.84. The lowest BCUT2D eigenvalue weighted by atomic mass is 10.2. The van der Waals surface area contributed by atoms with Gasteiger partial charge in [0.2, 0.25) is 6.54 Å². The quantitative estimate of drug-likeness (QED) is 0.551. The smallest absolute Gasteiger partial charge is 0.229 e. The maximum absolute atomic E-state index is 10.3. The van der Waals surface area contributed by atoms with Gasteiger partial charge >= 0.3 is 0 Å². The van der Waals surface area contributed by atoms with Crippen LogP contribution in [0.1, 0.15) is 12.5 Å². The molecule has 0 heterocycles. The molecule has 0 fully saturated rings. The van der Waals surface area contributed by atoms with E-state index in [1.165, 1.54) is 7.11 Å². The molecule has 1 aromatic rings. The van der Waals surface area contributed by atoms with Crippen molar-refractivity contribution in [3.63, 3.8) is 0 Å². The first-order valence-corrected chi connectivity index (χ1v) is 4.59. The van der Waals surface area contributed by atoms with Crippen LogP contribution in [0.2, 0.25) is 0 Å².